The lowest BCUT2D eigenvalue weighted by Crippen LogP contribution is -2.00. The van der Waals surface area contributed by atoms with Gasteiger partial charge in [0.1, 0.15) is 0 Å². The number of rotatable bonds is 2. The predicted octanol–water partition coefficient (Wildman–Crippen LogP) is 4.30. The molecule has 4 heteroatoms. The van der Waals surface area contributed by atoms with E-state index in [1.165, 1.54) is 16.6 Å². The zero-order valence-electron chi connectivity index (χ0n) is 11.6. The molecule has 0 aliphatic heterocycles. The van der Waals surface area contributed by atoms with Crippen LogP contribution in [-0.2, 0) is 6.54 Å². The van der Waals surface area contributed by atoms with Gasteiger partial charge in [-0.25, -0.2) is 4.98 Å². The van der Waals surface area contributed by atoms with E-state index in [1.54, 1.807) is 0 Å². The van der Waals surface area contributed by atoms with Crippen molar-refractivity contribution in [2.24, 2.45) is 0 Å². The van der Waals surface area contributed by atoms with Crippen LogP contribution in [0.3, 0.4) is 0 Å². The number of halogens is 1. The molecule has 0 amide bonds. The number of aromatic nitrogens is 3. The third kappa shape index (κ3) is 2.01. The van der Waals surface area contributed by atoms with E-state index in [-0.39, 0.29) is 0 Å². The first kappa shape index (κ1) is 12.5. The van der Waals surface area contributed by atoms with Gasteiger partial charge in [-0.3, -0.25) is 4.40 Å². The van der Waals surface area contributed by atoms with Crippen LogP contribution in [0, 0.1) is 6.92 Å². The van der Waals surface area contributed by atoms with Crippen molar-refractivity contribution in [2.45, 2.75) is 13.5 Å². The Kier molecular flexibility index (Phi) is 2.76. The summed E-state index contributed by atoms with van der Waals surface area (Å²) in [5, 5.41) is 0.762. The molecule has 0 atom stereocenters. The van der Waals surface area contributed by atoms with E-state index < -0.39 is 0 Å². The first-order chi connectivity index (χ1) is 10.2. The molecule has 0 unspecified atom stereocenters. The average molecular weight is 296 g/mol. The molecule has 21 heavy (non-hydrogen) atoms. The summed E-state index contributed by atoms with van der Waals surface area (Å²) in [6.07, 6.45) is 2.08. The highest BCUT2D eigenvalue weighted by atomic mass is 35.5. The molecule has 0 N–H and O–H groups in total. The third-order valence-electron chi connectivity index (χ3n) is 3.74. The van der Waals surface area contributed by atoms with Gasteiger partial charge in [-0.1, -0.05) is 35.9 Å². The maximum atomic E-state index is 5.96. The van der Waals surface area contributed by atoms with Crippen LogP contribution in [0.2, 0.25) is 5.02 Å². The number of aryl methyl sites for hydroxylation is 1. The summed E-state index contributed by atoms with van der Waals surface area (Å²) in [6.45, 7) is 2.80. The zero-order chi connectivity index (χ0) is 14.4. The molecule has 0 saturated carbocycles. The largest absolute Gasteiger partial charge is 0.305 e. The van der Waals surface area contributed by atoms with Crippen LogP contribution in [0.5, 0.6) is 0 Å². The number of benzene rings is 2. The summed E-state index contributed by atoms with van der Waals surface area (Å²) in [5.74, 6) is 0.976. The lowest BCUT2D eigenvalue weighted by Gasteiger charge is -2.05. The number of fused-ring (bicyclic) bond motifs is 3. The topological polar surface area (TPSA) is 22.2 Å². The van der Waals surface area contributed by atoms with Crippen LogP contribution in [0.4, 0.5) is 0 Å². The molecule has 0 spiro atoms. The molecule has 2 heterocycles. The van der Waals surface area contributed by atoms with Gasteiger partial charge in [0.2, 0.25) is 5.78 Å². The second kappa shape index (κ2) is 4.64. The number of hydrogen-bond acceptors (Lipinski definition) is 1. The molecule has 104 valence electrons. The van der Waals surface area contributed by atoms with Gasteiger partial charge >= 0.3 is 0 Å². The van der Waals surface area contributed by atoms with Crippen LogP contribution in [0.1, 0.15) is 11.3 Å². The van der Waals surface area contributed by atoms with Crippen molar-refractivity contribution >= 4 is 28.4 Å². The van der Waals surface area contributed by atoms with E-state index in [2.05, 4.69) is 56.5 Å². The normalized spacial score (nSPS) is 11.5. The summed E-state index contributed by atoms with van der Waals surface area (Å²) in [5.41, 5.74) is 4.61. The molecule has 0 aliphatic carbocycles. The summed E-state index contributed by atoms with van der Waals surface area (Å²) < 4.78 is 4.39. The van der Waals surface area contributed by atoms with Gasteiger partial charge in [0.15, 0.2) is 0 Å². The molecule has 2 aromatic heterocycles. The molecular weight excluding hydrogens is 282 g/mol. The first-order valence-corrected chi connectivity index (χ1v) is 7.27. The molecule has 0 aliphatic rings. The number of para-hydroxylation sites is 2. The molecule has 4 aromatic rings. The Hall–Kier alpha value is -2.26. The molecule has 0 radical (unpaired) electrons. The highest BCUT2D eigenvalue weighted by Crippen LogP contribution is 2.22. The van der Waals surface area contributed by atoms with Crippen LogP contribution in [-0.4, -0.2) is 14.0 Å². The lowest BCUT2D eigenvalue weighted by molar-refractivity contribution is 0.844. The number of hydrogen-bond donors (Lipinski definition) is 0. The van der Waals surface area contributed by atoms with Crippen molar-refractivity contribution in [3.63, 3.8) is 0 Å². The highest BCUT2D eigenvalue weighted by molar-refractivity contribution is 6.30. The second-order valence-electron chi connectivity index (χ2n) is 5.25. The Labute approximate surface area is 127 Å². The summed E-state index contributed by atoms with van der Waals surface area (Å²) in [7, 11) is 0. The van der Waals surface area contributed by atoms with Crippen molar-refractivity contribution in [1.29, 1.82) is 0 Å². The number of nitrogens with zero attached hydrogens (tertiary/aromatic N) is 3. The van der Waals surface area contributed by atoms with Crippen LogP contribution in [0.25, 0.3) is 16.8 Å². The molecule has 3 nitrogen and oxygen atoms in total. The molecule has 4 rings (SSSR count). The third-order valence-corrected chi connectivity index (χ3v) is 3.99. The maximum absolute atomic E-state index is 5.96. The zero-order valence-corrected chi connectivity index (χ0v) is 12.4. The average Bonchev–Trinajstić information content (AvgIpc) is 2.99. The van der Waals surface area contributed by atoms with E-state index in [0.29, 0.717) is 0 Å². The Morgan fingerprint density at radius 2 is 1.71 bits per heavy atom. The number of imidazole rings is 2. The van der Waals surface area contributed by atoms with E-state index in [1.807, 2.05) is 19.1 Å². The Morgan fingerprint density at radius 1 is 1.00 bits per heavy atom. The predicted molar refractivity (Wildman–Crippen MR) is 86.0 cm³/mol. The second-order valence-corrected chi connectivity index (χ2v) is 5.69. The van der Waals surface area contributed by atoms with Crippen molar-refractivity contribution in [3.05, 3.63) is 71.0 Å². The smallest absolute Gasteiger partial charge is 0.215 e. The molecule has 0 bridgehead atoms. The Balaban J connectivity index is 1.94. The standard InChI is InChI=1S/C17H14ClN3/c1-12-10-20-15-4-2-3-5-16(15)21(17(20)19-12)11-13-6-8-14(18)9-7-13/h2-10H,11H2,1H3. The van der Waals surface area contributed by atoms with Gasteiger partial charge in [-0.2, -0.15) is 0 Å². The van der Waals surface area contributed by atoms with E-state index in [9.17, 15) is 0 Å². The highest BCUT2D eigenvalue weighted by Gasteiger charge is 2.12. The van der Waals surface area contributed by atoms with Crippen molar-refractivity contribution in [1.82, 2.24) is 14.0 Å². The molecule has 0 fully saturated rings. The fourth-order valence-corrected chi connectivity index (χ4v) is 2.91. The van der Waals surface area contributed by atoms with Gasteiger partial charge in [0.05, 0.1) is 23.3 Å². The fraction of sp³-hybridized carbons (Fsp3) is 0.118. The summed E-state index contributed by atoms with van der Waals surface area (Å²) in [4.78, 5) is 4.66. The van der Waals surface area contributed by atoms with E-state index in [4.69, 9.17) is 11.6 Å². The summed E-state index contributed by atoms with van der Waals surface area (Å²) in [6, 6.07) is 16.4. The summed E-state index contributed by atoms with van der Waals surface area (Å²) >= 11 is 5.96. The monoisotopic (exact) mass is 295 g/mol. The molecule has 2 aromatic carbocycles. The van der Waals surface area contributed by atoms with Crippen molar-refractivity contribution < 1.29 is 0 Å². The van der Waals surface area contributed by atoms with Crippen LogP contribution in [0.15, 0.2) is 54.7 Å². The van der Waals surface area contributed by atoms with Crippen LogP contribution >= 0.6 is 11.6 Å². The quantitative estimate of drug-likeness (QED) is 0.540. The van der Waals surface area contributed by atoms with Gasteiger partial charge in [-0.15, -0.1) is 0 Å². The molecule has 0 saturated heterocycles. The molecular formula is C17H14ClN3. The van der Waals surface area contributed by atoms with Crippen LogP contribution < -0.4 is 0 Å². The fourth-order valence-electron chi connectivity index (χ4n) is 2.78. The van der Waals surface area contributed by atoms with E-state index >= 15 is 0 Å². The maximum Gasteiger partial charge on any atom is 0.215 e. The van der Waals surface area contributed by atoms with Gasteiger partial charge in [-0.05, 0) is 36.8 Å². The SMILES string of the molecule is Cc1cn2c3ccccc3n(Cc3ccc(Cl)cc3)c2n1. The van der Waals surface area contributed by atoms with Gasteiger partial charge in [0.25, 0.3) is 0 Å². The van der Waals surface area contributed by atoms with Gasteiger partial charge in [0, 0.05) is 11.2 Å². The van der Waals surface area contributed by atoms with Crippen molar-refractivity contribution in [3.8, 4) is 0 Å². The lowest BCUT2D eigenvalue weighted by atomic mass is 10.2. The Bertz CT molecular complexity index is 932. The van der Waals surface area contributed by atoms with Gasteiger partial charge < -0.3 is 4.57 Å². The first-order valence-electron chi connectivity index (χ1n) is 6.90. The van der Waals surface area contributed by atoms with E-state index in [0.717, 1.165) is 23.0 Å². The van der Waals surface area contributed by atoms with Crippen molar-refractivity contribution in [2.75, 3.05) is 0 Å². The minimum absolute atomic E-state index is 0.762. The minimum Gasteiger partial charge on any atom is -0.305 e. The minimum atomic E-state index is 0.762. The Morgan fingerprint density at radius 3 is 2.48 bits per heavy atom.